The van der Waals surface area contributed by atoms with Gasteiger partial charge < -0.3 is 25.0 Å². The highest BCUT2D eigenvalue weighted by molar-refractivity contribution is 5.94. The molecule has 3 N–H and O–H groups in total. The summed E-state index contributed by atoms with van der Waals surface area (Å²) in [5, 5.41) is 22.5. The summed E-state index contributed by atoms with van der Waals surface area (Å²) < 4.78 is 11.0. The molecule has 0 saturated carbocycles. The van der Waals surface area contributed by atoms with Gasteiger partial charge in [-0.1, -0.05) is 42.5 Å². The molecule has 9 nitrogen and oxygen atoms in total. The number of amides is 1. The van der Waals surface area contributed by atoms with Gasteiger partial charge >= 0.3 is 12.1 Å². The first-order valence-corrected chi connectivity index (χ1v) is 12.7. The minimum atomic E-state index is -1.25. The number of Topliss-reactive ketones (excluding diaryl/α,β-unsaturated/α-hetero) is 1. The number of fused-ring (bicyclic) bond motifs is 2. The van der Waals surface area contributed by atoms with Crippen molar-refractivity contribution in [1.82, 2.24) is 10.2 Å². The Morgan fingerprint density at radius 1 is 1.13 bits per heavy atom. The van der Waals surface area contributed by atoms with Gasteiger partial charge in [-0.2, -0.15) is 0 Å². The molecule has 2 heterocycles. The summed E-state index contributed by atoms with van der Waals surface area (Å²) in [5.74, 6) is -0.112. The number of hydrogen-bond donors (Lipinski definition) is 3. The molecule has 4 rings (SSSR count). The molecule has 1 amide bonds. The molecule has 2 atom stereocenters. The predicted molar refractivity (Wildman–Crippen MR) is 141 cm³/mol. The second-order valence-electron chi connectivity index (χ2n) is 9.74. The van der Waals surface area contributed by atoms with Crippen molar-refractivity contribution in [2.45, 2.75) is 44.2 Å². The third kappa shape index (κ3) is 5.44. The van der Waals surface area contributed by atoms with Gasteiger partial charge in [-0.25, -0.2) is 4.79 Å². The topological polar surface area (TPSA) is 125 Å². The van der Waals surface area contributed by atoms with E-state index in [9.17, 15) is 19.5 Å². The number of benzene rings is 2. The molecule has 2 aromatic rings. The monoisotopic (exact) mass is 522 g/mol. The van der Waals surface area contributed by atoms with Crippen LogP contribution in [0.2, 0.25) is 0 Å². The summed E-state index contributed by atoms with van der Waals surface area (Å²) in [4.78, 5) is 39.5. The molecule has 2 aromatic carbocycles. The van der Waals surface area contributed by atoms with Crippen LogP contribution in [-0.2, 0) is 27.2 Å². The average Bonchev–Trinajstić information content (AvgIpc) is 2.91. The second kappa shape index (κ2) is 11.8. The number of hydrogen-bond acceptors (Lipinski definition) is 7. The van der Waals surface area contributed by atoms with E-state index < -0.39 is 23.6 Å². The fourth-order valence-electron chi connectivity index (χ4n) is 5.50. The Bertz CT molecular complexity index is 1220. The number of carboxylic acid groups (broad SMARTS) is 1. The number of aliphatic hydroxyl groups is 1. The van der Waals surface area contributed by atoms with Gasteiger partial charge in [0.1, 0.15) is 17.9 Å². The number of rotatable bonds is 10. The molecular formula is C29H34N2O7. The minimum absolute atomic E-state index is 0.00905. The summed E-state index contributed by atoms with van der Waals surface area (Å²) in [5.41, 5.74) is 2.86. The van der Waals surface area contributed by atoms with Gasteiger partial charge in [-0.05, 0) is 48.1 Å². The molecule has 38 heavy (non-hydrogen) atoms. The van der Waals surface area contributed by atoms with E-state index in [2.05, 4.69) is 5.32 Å². The zero-order valence-corrected chi connectivity index (χ0v) is 21.7. The maximum atomic E-state index is 12.9. The van der Waals surface area contributed by atoms with E-state index >= 15 is 0 Å². The van der Waals surface area contributed by atoms with Crippen LogP contribution < -0.4 is 10.1 Å². The highest BCUT2D eigenvalue weighted by atomic mass is 16.5. The SMILES string of the molecule is COc1ccccc1CC(=O)OCC1=C(c2ccc(CCCO)cc2)CC2(C(C)=O)CNCC1N2C(=O)O. The fourth-order valence-corrected chi connectivity index (χ4v) is 5.50. The first-order chi connectivity index (χ1) is 18.3. The molecular weight excluding hydrogens is 488 g/mol. The number of ether oxygens (including phenoxy) is 2. The Morgan fingerprint density at radius 2 is 1.87 bits per heavy atom. The number of piperazine rings is 1. The van der Waals surface area contributed by atoms with E-state index in [0.717, 1.165) is 23.1 Å². The van der Waals surface area contributed by atoms with E-state index in [1.54, 1.807) is 12.1 Å². The van der Waals surface area contributed by atoms with Crippen LogP contribution in [0.4, 0.5) is 4.79 Å². The average molecular weight is 523 g/mol. The van der Waals surface area contributed by atoms with Crippen LogP contribution in [0.25, 0.3) is 5.57 Å². The molecule has 1 saturated heterocycles. The maximum Gasteiger partial charge on any atom is 0.408 e. The number of carbonyl (C=O) groups is 3. The van der Waals surface area contributed by atoms with E-state index in [4.69, 9.17) is 14.6 Å². The largest absolute Gasteiger partial charge is 0.496 e. The summed E-state index contributed by atoms with van der Waals surface area (Å²) in [6, 6.07) is 14.4. The zero-order valence-electron chi connectivity index (χ0n) is 21.7. The number of aliphatic hydroxyl groups excluding tert-OH is 1. The fraction of sp³-hybridized carbons (Fsp3) is 0.414. The van der Waals surface area contributed by atoms with Gasteiger partial charge in [0.05, 0.1) is 19.6 Å². The van der Waals surface area contributed by atoms with E-state index in [-0.39, 0.29) is 38.4 Å². The Kier molecular flexibility index (Phi) is 8.48. The number of nitrogens with zero attached hydrogens (tertiary/aromatic N) is 1. The lowest BCUT2D eigenvalue weighted by atomic mass is 9.73. The van der Waals surface area contributed by atoms with Gasteiger partial charge in [-0.15, -0.1) is 0 Å². The molecule has 1 fully saturated rings. The van der Waals surface area contributed by atoms with Crippen LogP contribution in [0.3, 0.4) is 0 Å². The lowest BCUT2D eigenvalue weighted by molar-refractivity contribution is -0.142. The highest BCUT2D eigenvalue weighted by Gasteiger charge is 2.54. The Hall–Kier alpha value is -3.69. The van der Waals surface area contributed by atoms with Crippen LogP contribution in [0.1, 0.15) is 36.5 Å². The first-order valence-electron chi connectivity index (χ1n) is 12.7. The van der Waals surface area contributed by atoms with Crippen molar-refractivity contribution in [2.24, 2.45) is 0 Å². The van der Waals surface area contributed by atoms with E-state index in [0.29, 0.717) is 29.9 Å². The number of aryl methyl sites for hydroxylation is 1. The van der Waals surface area contributed by atoms with Crippen LogP contribution in [0.15, 0.2) is 54.1 Å². The molecule has 202 valence electrons. The van der Waals surface area contributed by atoms with Crippen molar-refractivity contribution in [3.05, 3.63) is 70.8 Å². The van der Waals surface area contributed by atoms with Crippen molar-refractivity contribution in [3.8, 4) is 5.75 Å². The summed E-state index contributed by atoms with van der Waals surface area (Å²) >= 11 is 0. The van der Waals surface area contributed by atoms with Gasteiger partial charge in [0, 0.05) is 31.7 Å². The van der Waals surface area contributed by atoms with Crippen LogP contribution in [-0.4, -0.2) is 78.0 Å². The Balaban J connectivity index is 1.69. The van der Waals surface area contributed by atoms with Gasteiger partial charge in [-0.3, -0.25) is 14.5 Å². The minimum Gasteiger partial charge on any atom is -0.496 e. The number of ketones is 1. The van der Waals surface area contributed by atoms with Crippen LogP contribution in [0, 0.1) is 0 Å². The quantitative estimate of drug-likeness (QED) is 0.407. The van der Waals surface area contributed by atoms with E-state index in [1.165, 1.54) is 18.9 Å². The normalized spacial score (nSPS) is 20.7. The first kappa shape index (κ1) is 27.3. The molecule has 9 heteroatoms. The molecule has 0 radical (unpaired) electrons. The van der Waals surface area contributed by atoms with Crippen LogP contribution >= 0.6 is 0 Å². The summed E-state index contributed by atoms with van der Waals surface area (Å²) in [7, 11) is 1.54. The van der Waals surface area contributed by atoms with Crippen molar-refractivity contribution >= 4 is 23.4 Å². The Labute approximate surface area is 222 Å². The standard InChI is InChI=1S/C29H34N2O7/c1-19(33)29-15-23(21-11-9-20(10-12-21)6-5-13-32)24(25(16-30-18-29)31(29)28(35)36)17-38-27(34)14-22-7-3-4-8-26(22)37-2/h3-4,7-12,25,30,32H,5-6,13-18H2,1-2H3,(H,35,36). The molecule has 2 aliphatic heterocycles. The number of nitrogens with one attached hydrogen (secondary N) is 1. The molecule has 2 aliphatic rings. The number of carbonyl (C=O) groups excluding carboxylic acids is 2. The predicted octanol–water partition coefficient (Wildman–Crippen LogP) is 2.84. The summed E-state index contributed by atoms with van der Waals surface area (Å²) in [6.45, 7) is 1.95. The van der Waals surface area contributed by atoms with Crippen LogP contribution in [0.5, 0.6) is 5.75 Å². The second-order valence-corrected chi connectivity index (χ2v) is 9.74. The van der Waals surface area contributed by atoms with Crippen molar-refractivity contribution in [3.63, 3.8) is 0 Å². The molecule has 0 spiro atoms. The third-order valence-corrected chi connectivity index (χ3v) is 7.49. The molecule has 2 unspecified atom stereocenters. The zero-order chi connectivity index (χ0) is 27.3. The number of para-hydroxylation sites is 1. The van der Waals surface area contributed by atoms with E-state index in [1.807, 2.05) is 36.4 Å². The third-order valence-electron chi connectivity index (χ3n) is 7.49. The summed E-state index contributed by atoms with van der Waals surface area (Å²) in [6.07, 6.45) is 0.398. The van der Waals surface area contributed by atoms with Crippen molar-refractivity contribution < 1.29 is 34.1 Å². The lowest BCUT2D eigenvalue weighted by Crippen LogP contribution is -2.72. The maximum absolute atomic E-state index is 12.9. The van der Waals surface area contributed by atoms with Gasteiger partial charge in [0.25, 0.3) is 0 Å². The highest BCUT2D eigenvalue weighted by Crippen LogP contribution is 2.43. The van der Waals surface area contributed by atoms with Crippen molar-refractivity contribution in [1.29, 1.82) is 0 Å². The number of methoxy groups -OCH3 is 1. The van der Waals surface area contributed by atoms with Crippen molar-refractivity contribution in [2.75, 3.05) is 33.4 Å². The van der Waals surface area contributed by atoms with Gasteiger partial charge in [0.2, 0.25) is 0 Å². The van der Waals surface area contributed by atoms with Gasteiger partial charge in [0.15, 0.2) is 5.78 Å². The Morgan fingerprint density at radius 3 is 2.53 bits per heavy atom. The smallest absolute Gasteiger partial charge is 0.408 e. The lowest BCUT2D eigenvalue weighted by Gasteiger charge is -2.53. The molecule has 0 aliphatic carbocycles. The molecule has 0 aromatic heterocycles. The molecule has 2 bridgehead atoms. The number of esters is 1.